The van der Waals surface area contributed by atoms with Crippen molar-refractivity contribution in [3.05, 3.63) is 40.8 Å². The molecule has 3 rings (SSSR count). The van der Waals surface area contributed by atoms with E-state index in [1.807, 2.05) is 13.8 Å². The summed E-state index contributed by atoms with van der Waals surface area (Å²) in [6.07, 6.45) is -8.81. The summed E-state index contributed by atoms with van der Waals surface area (Å²) in [7, 11) is 0. The summed E-state index contributed by atoms with van der Waals surface area (Å²) < 4.78 is 91.9. The van der Waals surface area contributed by atoms with E-state index in [4.69, 9.17) is 9.15 Å². The van der Waals surface area contributed by atoms with E-state index in [-0.39, 0.29) is 48.3 Å². The van der Waals surface area contributed by atoms with Crippen molar-refractivity contribution in [2.75, 3.05) is 4.90 Å². The summed E-state index contributed by atoms with van der Waals surface area (Å²) in [6, 6.07) is 0.541. The van der Waals surface area contributed by atoms with Crippen molar-refractivity contribution in [3.8, 4) is 0 Å². The number of hydrogen-bond acceptors (Lipinski definition) is 6. The molecule has 0 saturated carbocycles. The minimum atomic E-state index is -4.97. The van der Waals surface area contributed by atoms with Crippen molar-refractivity contribution in [3.63, 3.8) is 0 Å². The first kappa shape index (κ1) is 29.6. The molecule has 1 aromatic carbocycles. The van der Waals surface area contributed by atoms with E-state index >= 15 is 0 Å². The minimum Gasteiger partial charge on any atom is -0.447 e. The predicted octanol–water partition coefficient (Wildman–Crippen LogP) is 6.99. The quantitative estimate of drug-likeness (QED) is 0.346. The molecule has 0 radical (unpaired) electrons. The number of rotatable bonds is 7. The lowest BCUT2D eigenvalue weighted by atomic mass is 9.87. The van der Waals surface area contributed by atoms with E-state index in [9.17, 15) is 31.1 Å². The van der Waals surface area contributed by atoms with Gasteiger partial charge in [0.2, 0.25) is 5.89 Å². The molecule has 1 aliphatic rings. The highest BCUT2D eigenvalue weighted by Gasteiger charge is 2.42. The van der Waals surface area contributed by atoms with Crippen LogP contribution in [0.4, 0.5) is 37.2 Å². The molecule has 0 spiro atoms. The van der Waals surface area contributed by atoms with E-state index in [2.05, 4.69) is 10.2 Å². The summed E-state index contributed by atoms with van der Waals surface area (Å²) in [5.41, 5.74) is -2.99. The monoisotopic (exact) mass is 550 g/mol. The maximum atomic E-state index is 13.5. The first-order chi connectivity index (χ1) is 17.6. The molecule has 0 bridgehead atoms. The number of amides is 1. The Balaban J connectivity index is 2.02. The van der Waals surface area contributed by atoms with Crippen LogP contribution in [-0.4, -0.2) is 45.4 Å². The Morgan fingerprint density at radius 2 is 1.55 bits per heavy atom. The zero-order valence-corrected chi connectivity index (χ0v) is 21.9. The lowest BCUT2D eigenvalue weighted by molar-refractivity contribution is -0.143. The zero-order chi connectivity index (χ0) is 28.4. The van der Waals surface area contributed by atoms with Gasteiger partial charge >= 0.3 is 24.5 Å². The average molecular weight is 551 g/mol. The molecule has 1 fully saturated rings. The number of hydrogen-bond donors (Lipinski definition) is 0. The molecular formula is C25H32F6N4O3. The Bertz CT molecular complexity index is 1060. The molecule has 13 heteroatoms. The Hall–Kier alpha value is -2.99. The molecule has 2 atom stereocenters. The van der Waals surface area contributed by atoms with Gasteiger partial charge in [0.15, 0.2) is 0 Å². The summed E-state index contributed by atoms with van der Waals surface area (Å²) in [5.74, 6) is 0.196. The van der Waals surface area contributed by atoms with Gasteiger partial charge in [-0.15, -0.1) is 5.10 Å². The Labute approximate surface area is 217 Å². The van der Waals surface area contributed by atoms with E-state index in [0.717, 1.165) is 0 Å². The lowest BCUT2D eigenvalue weighted by Crippen LogP contribution is -2.57. The summed E-state index contributed by atoms with van der Waals surface area (Å²) in [6.45, 7) is 8.50. The van der Waals surface area contributed by atoms with Gasteiger partial charge in [-0.2, -0.15) is 26.3 Å². The highest BCUT2D eigenvalue weighted by Crippen LogP contribution is 2.38. The molecule has 0 aliphatic carbocycles. The van der Waals surface area contributed by atoms with Gasteiger partial charge in [-0.1, -0.05) is 18.9 Å². The molecule has 1 aliphatic heterocycles. The van der Waals surface area contributed by atoms with Crippen LogP contribution in [0.1, 0.15) is 76.0 Å². The average Bonchev–Trinajstić information content (AvgIpc) is 3.25. The predicted molar refractivity (Wildman–Crippen MR) is 126 cm³/mol. The van der Waals surface area contributed by atoms with Crippen molar-refractivity contribution < 1.29 is 40.3 Å². The van der Waals surface area contributed by atoms with Crippen LogP contribution in [0.3, 0.4) is 0 Å². The van der Waals surface area contributed by atoms with Crippen LogP contribution in [0.2, 0.25) is 0 Å². The maximum absolute atomic E-state index is 13.5. The number of halogens is 6. The number of benzene rings is 1. The van der Waals surface area contributed by atoms with Crippen LogP contribution < -0.4 is 4.90 Å². The van der Waals surface area contributed by atoms with Crippen LogP contribution in [0, 0.1) is 6.92 Å². The fourth-order valence-corrected chi connectivity index (χ4v) is 4.85. The number of alkyl halides is 6. The molecule has 1 aromatic heterocycles. The van der Waals surface area contributed by atoms with Crippen molar-refractivity contribution in [2.45, 2.75) is 103 Å². The Morgan fingerprint density at radius 1 is 1.03 bits per heavy atom. The van der Waals surface area contributed by atoms with E-state index in [0.29, 0.717) is 37.8 Å². The smallest absolute Gasteiger partial charge is 0.416 e. The molecular weight excluding hydrogens is 518 g/mol. The Kier molecular flexibility index (Phi) is 8.87. The van der Waals surface area contributed by atoms with Gasteiger partial charge < -0.3 is 19.0 Å². The van der Waals surface area contributed by atoms with Gasteiger partial charge in [-0.05, 0) is 63.3 Å². The normalized spacial score (nSPS) is 20.6. The van der Waals surface area contributed by atoms with E-state index < -0.39 is 35.6 Å². The van der Waals surface area contributed by atoms with Gasteiger partial charge in [0.1, 0.15) is 0 Å². The lowest BCUT2D eigenvalue weighted by Gasteiger charge is -2.47. The second kappa shape index (κ2) is 11.4. The van der Waals surface area contributed by atoms with Gasteiger partial charge in [-0.3, -0.25) is 0 Å². The molecule has 1 saturated heterocycles. The second-order valence-corrected chi connectivity index (χ2v) is 9.73. The summed E-state index contributed by atoms with van der Waals surface area (Å²) in [5, 5.41) is 7.82. The number of ether oxygens (including phenoxy) is 1. The number of carbonyl (C=O) groups excluding carboxylic acids is 1. The first-order valence-corrected chi connectivity index (χ1v) is 12.5. The molecule has 2 unspecified atom stereocenters. The van der Waals surface area contributed by atoms with Crippen LogP contribution >= 0.6 is 0 Å². The third kappa shape index (κ3) is 6.90. The van der Waals surface area contributed by atoms with Crippen molar-refractivity contribution in [1.29, 1.82) is 0 Å². The maximum Gasteiger partial charge on any atom is 0.416 e. The van der Waals surface area contributed by atoms with Gasteiger partial charge in [0.25, 0.3) is 0 Å². The number of aryl methyl sites for hydroxylation is 1. The number of likely N-dealkylation sites (tertiary alicyclic amines) is 1. The summed E-state index contributed by atoms with van der Waals surface area (Å²) >= 11 is 0. The number of anilines is 1. The minimum absolute atomic E-state index is 0.0126. The number of piperidine rings is 1. The van der Waals surface area contributed by atoms with Gasteiger partial charge in [0.05, 0.1) is 17.2 Å². The third-order valence-corrected chi connectivity index (χ3v) is 6.57. The molecule has 2 heterocycles. The zero-order valence-electron chi connectivity index (χ0n) is 21.9. The van der Waals surface area contributed by atoms with Gasteiger partial charge in [0, 0.05) is 31.6 Å². The SMILES string of the molecule is CCC1CC(N(Cc2cc(C(F)(F)F)cc(C(F)(F)F)c2)c2nnc(C)o2)CC(CC)N1C(=O)OC(C)C. The van der Waals surface area contributed by atoms with Crippen LogP contribution in [0.15, 0.2) is 22.6 Å². The molecule has 7 nitrogen and oxygen atoms in total. The van der Waals surface area contributed by atoms with Crippen molar-refractivity contribution in [2.24, 2.45) is 0 Å². The van der Waals surface area contributed by atoms with Crippen LogP contribution in [0.25, 0.3) is 0 Å². The highest BCUT2D eigenvalue weighted by atomic mass is 19.4. The fraction of sp³-hybridized carbons (Fsp3) is 0.640. The highest BCUT2D eigenvalue weighted by molar-refractivity contribution is 5.69. The molecule has 1 amide bonds. The molecule has 2 aromatic rings. The standard InChI is InChI=1S/C25H32F6N4O3/c1-6-19-11-21(12-20(7-2)35(19)23(36)37-14(3)4)34(22-33-32-15(5)38-22)13-16-8-17(24(26,27)28)10-18(9-16)25(29,30)31/h8-10,14,19-21H,6-7,11-13H2,1-5H3. The molecule has 0 N–H and O–H groups in total. The van der Waals surface area contributed by atoms with Crippen molar-refractivity contribution in [1.82, 2.24) is 15.1 Å². The Morgan fingerprint density at radius 3 is 1.95 bits per heavy atom. The number of carbonyl (C=O) groups is 1. The number of nitrogens with zero attached hydrogens (tertiary/aromatic N) is 4. The number of aromatic nitrogens is 2. The van der Waals surface area contributed by atoms with E-state index in [1.165, 1.54) is 6.92 Å². The largest absolute Gasteiger partial charge is 0.447 e. The van der Waals surface area contributed by atoms with Gasteiger partial charge in [-0.25, -0.2) is 4.79 Å². The van der Waals surface area contributed by atoms with Crippen LogP contribution in [0.5, 0.6) is 0 Å². The molecule has 212 valence electrons. The fourth-order valence-electron chi connectivity index (χ4n) is 4.85. The second-order valence-electron chi connectivity index (χ2n) is 9.73. The van der Waals surface area contributed by atoms with E-state index in [1.54, 1.807) is 23.6 Å². The summed E-state index contributed by atoms with van der Waals surface area (Å²) in [4.78, 5) is 16.1. The topological polar surface area (TPSA) is 71.7 Å². The first-order valence-electron chi connectivity index (χ1n) is 12.5. The molecule has 38 heavy (non-hydrogen) atoms. The van der Waals surface area contributed by atoms with Crippen molar-refractivity contribution >= 4 is 12.1 Å². The third-order valence-electron chi connectivity index (χ3n) is 6.57. The van der Waals surface area contributed by atoms with Crippen LogP contribution in [-0.2, 0) is 23.6 Å².